The highest BCUT2D eigenvalue weighted by Gasteiger charge is 2.23. The van der Waals surface area contributed by atoms with Crippen LogP contribution in [0.4, 0.5) is 0 Å². The minimum Gasteiger partial charge on any atom is -0.270 e. The van der Waals surface area contributed by atoms with Crippen molar-refractivity contribution in [3.05, 3.63) is 17.5 Å². The number of hydrogen-bond donors (Lipinski definition) is 0. The van der Waals surface area contributed by atoms with Crippen molar-refractivity contribution in [3.63, 3.8) is 0 Å². The Morgan fingerprint density at radius 2 is 2.62 bits per heavy atom. The number of aryl methyl sites for hydroxylation is 1. The summed E-state index contributed by atoms with van der Waals surface area (Å²) in [5, 5.41) is 13.2. The van der Waals surface area contributed by atoms with Crippen LogP contribution in [0.2, 0.25) is 0 Å². The predicted octanol–water partition coefficient (Wildman–Crippen LogP) is 1.85. The standard InChI is InChI=1S/C10H13N3/c1-2-13-10-5-3-4-8(6-11)9(10)7-12-13/h7-8H,2-5H2,1H3. The van der Waals surface area contributed by atoms with Crippen molar-refractivity contribution < 1.29 is 0 Å². The van der Waals surface area contributed by atoms with Gasteiger partial charge >= 0.3 is 0 Å². The van der Waals surface area contributed by atoms with Gasteiger partial charge in [-0.15, -0.1) is 0 Å². The molecule has 1 aliphatic rings. The van der Waals surface area contributed by atoms with Crippen LogP contribution in [0.1, 0.15) is 36.9 Å². The SMILES string of the molecule is CCn1ncc2c1CCCC2C#N. The van der Waals surface area contributed by atoms with E-state index in [2.05, 4.69) is 18.1 Å². The average Bonchev–Trinajstić information content (AvgIpc) is 2.60. The third kappa shape index (κ3) is 1.23. The number of nitrogens with zero attached hydrogens (tertiary/aromatic N) is 3. The van der Waals surface area contributed by atoms with Gasteiger partial charge in [-0.05, 0) is 26.2 Å². The van der Waals surface area contributed by atoms with Gasteiger partial charge in [0.05, 0.1) is 18.2 Å². The molecular weight excluding hydrogens is 162 g/mol. The van der Waals surface area contributed by atoms with Crippen LogP contribution in [0.25, 0.3) is 0 Å². The second-order valence-electron chi connectivity index (χ2n) is 3.44. The molecule has 1 aliphatic carbocycles. The van der Waals surface area contributed by atoms with E-state index in [9.17, 15) is 0 Å². The molecule has 2 rings (SSSR count). The van der Waals surface area contributed by atoms with Gasteiger partial charge in [-0.2, -0.15) is 10.4 Å². The maximum atomic E-state index is 8.93. The lowest BCUT2D eigenvalue weighted by atomic mass is 9.88. The van der Waals surface area contributed by atoms with Crippen molar-refractivity contribution in [3.8, 4) is 6.07 Å². The van der Waals surface area contributed by atoms with Crippen molar-refractivity contribution in [2.45, 2.75) is 38.6 Å². The van der Waals surface area contributed by atoms with Crippen LogP contribution in [0.15, 0.2) is 6.20 Å². The van der Waals surface area contributed by atoms with Crippen molar-refractivity contribution >= 4 is 0 Å². The summed E-state index contributed by atoms with van der Waals surface area (Å²) in [4.78, 5) is 0. The zero-order valence-electron chi connectivity index (χ0n) is 7.82. The molecule has 1 heterocycles. The average molecular weight is 175 g/mol. The van der Waals surface area contributed by atoms with Gasteiger partial charge in [0.25, 0.3) is 0 Å². The highest BCUT2D eigenvalue weighted by atomic mass is 15.3. The number of hydrogen-bond acceptors (Lipinski definition) is 2. The van der Waals surface area contributed by atoms with Crippen LogP contribution in [-0.4, -0.2) is 9.78 Å². The van der Waals surface area contributed by atoms with Gasteiger partial charge < -0.3 is 0 Å². The smallest absolute Gasteiger partial charge is 0.0746 e. The van der Waals surface area contributed by atoms with E-state index in [0.717, 1.165) is 31.4 Å². The Labute approximate surface area is 78.0 Å². The Balaban J connectivity index is 2.43. The Hall–Kier alpha value is -1.30. The van der Waals surface area contributed by atoms with Gasteiger partial charge in [0.1, 0.15) is 0 Å². The topological polar surface area (TPSA) is 41.6 Å². The number of fused-ring (bicyclic) bond motifs is 1. The number of nitriles is 1. The Kier molecular flexibility index (Phi) is 2.05. The monoisotopic (exact) mass is 175 g/mol. The van der Waals surface area contributed by atoms with E-state index in [1.807, 2.05) is 10.9 Å². The molecule has 13 heavy (non-hydrogen) atoms. The summed E-state index contributed by atoms with van der Waals surface area (Å²) < 4.78 is 2.01. The van der Waals surface area contributed by atoms with Crippen LogP contribution < -0.4 is 0 Å². The zero-order valence-corrected chi connectivity index (χ0v) is 7.82. The van der Waals surface area contributed by atoms with Crippen molar-refractivity contribution in [1.29, 1.82) is 5.26 Å². The lowest BCUT2D eigenvalue weighted by molar-refractivity contribution is 0.565. The van der Waals surface area contributed by atoms with Gasteiger partial charge in [-0.25, -0.2) is 0 Å². The van der Waals surface area contributed by atoms with E-state index in [1.54, 1.807) is 0 Å². The van der Waals surface area contributed by atoms with E-state index >= 15 is 0 Å². The molecule has 1 atom stereocenters. The van der Waals surface area contributed by atoms with E-state index in [-0.39, 0.29) is 5.92 Å². The van der Waals surface area contributed by atoms with E-state index < -0.39 is 0 Å². The minimum atomic E-state index is 0.0871. The lowest BCUT2D eigenvalue weighted by Crippen LogP contribution is -2.11. The van der Waals surface area contributed by atoms with Crippen LogP contribution in [0.5, 0.6) is 0 Å². The lowest BCUT2D eigenvalue weighted by Gasteiger charge is -2.17. The molecule has 0 fully saturated rings. The second kappa shape index (κ2) is 3.21. The highest BCUT2D eigenvalue weighted by molar-refractivity contribution is 5.30. The first-order chi connectivity index (χ1) is 6.36. The molecule has 3 heteroatoms. The van der Waals surface area contributed by atoms with Crippen molar-refractivity contribution in [2.24, 2.45) is 0 Å². The van der Waals surface area contributed by atoms with Crippen LogP contribution in [-0.2, 0) is 13.0 Å². The molecule has 68 valence electrons. The molecule has 0 bridgehead atoms. The molecule has 1 aromatic heterocycles. The van der Waals surface area contributed by atoms with Crippen LogP contribution in [0.3, 0.4) is 0 Å². The molecule has 0 N–H and O–H groups in total. The normalized spacial score (nSPS) is 20.8. The third-order valence-electron chi connectivity index (χ3n) is 2.72. The molecule has 0 spiro atoms. The summed E-state index contributed by atoms with van der Waals surface area (Å²) in [7, 11) is 0. The Morgan fingerprint density at radius 3 is 3.31 bits per heavy atom. The molecular formula is C10H13N3. The molecule has 1 aromatic rings. The van der Waals surface area contributed by atoms with Gasteiger partial charge in [0.15, 0.2) is 0 Å². The molecule has 3 nitrogen and oxygen atoms in total. The first-order valence-corrected chi connectivity index (χ1v) is 4.81. The molecule has 0 radical (unpaired) electrons. The Bertz CT molecular complexity index is 346. The third-order valence-corrected chi connectivity index (χ3v) is 2.72. The summed E-state index contributed by atoms with van der Waals surface area (Å²) in [6, 6.07) is 2.34. The summed E-state index contributed by atoms with van der Waals surface area (Å²) >= 11 is 0. The molecule has 0 aromatic carbocycles. The van der Waals surface area contributed by atoms with Gasteiger partial charge in [-0.1, -0.05) is 0 Å². The Morgan fingerprint density at radius 1 is 1.77 bits per heavy atom. The largest absolute Gasteiger partial charge is 0.270 e. The molecule has 0 aliphatic heterocycles. The summed E-state index contributed by atoms with van der Waals surface area (Å²) in [6.45, 7) is 3.00. The fourth-order valence-corrected chi connectivity index (χ4v) is 2.03. The molecule has 0 saturated carbocycles. The summed E-state index contributed by atoms with van der Waals surface area (Å²) in [5.41, 5.74) is 2.44. The molecule has 0 saturated heterocycles. The first kappa shape index (κ1) is 8.31. The second-order valence-corrected chi connectivity index (χ2v) is 3.44. The van der Waals surface area contributed by atoms with Crippen molar-refractivity contribution in [1.82, 2.24) is 9.78 Å². The molecule has 1 unspecified atom stereocenters. The van der Waals surface area contributed by atoms with Crippen molar-refractivity contribution in [2.75, 3.05) is 0 Å². The zero-order chi connectivity index (χ0) is 9.26. The number of aromatic nitrogens is 2. The van der Waals surface area contributed by atoms with Crippen LogP contribution >= 0.6 is 0 Å². The van der Waals surface area contributed by atoms with E-state index in [4.69, 9.17) is 5.26 Å². The fraction of sp³-hybridized carbons (Fsp3) is 0.600. The predicted molar refractivity (Wildman–Crippen MR) is 49.2 cm³/mol. The molecule has 0 amide bonds. The van der Waals surface area contributed by atoms with E-state index in [1.165, 1.54) is 5.69 Å². The first-order valence-electron chi connectivity index (χ1n) is 4.81. The van der Waals surface area contributed by atoms with E-state index in [0.29, 0.717) is 0 Å². The maximum Gasteiger partial charge on any atom is 0.0746 e. The maximum absolute atomic E-state index is 8.93. The summed E-state index contributed by atoms with van der Waals surface area (Å²) in [6.07, 6.45) is 5.07. The highest BCUT2D eigenvalue weighted by Crippen LogP contribution is 2.30. The number of rotatable bonds is 1. The fourth-order valence-electron chi connectivity index (χ4n) is 2.03. The van der Waals surface area contributed by atoms with Gasteiger partial charge in [0, 0.05) is 17.8 Å². The van der Waals surface area contributed by atoms with Crippen LogP contribution in [0, 0.1) is 11.3 Å². The quantitative estimate of drug-likeness (QED) is 0.653. The summed E-state index contributed by atoms with van der Waals surface area (Å²) in [5.74, 6) is 0.0871. The van der Waals surface area contributed by atoms with Gasteiger partial charge in [0.2, 0.25) is 0 Å². The minimum absolute atomic E-state index is 0.0871. The van der Waals surface area contributed by atoms with Gasteiger partial charge in [-0.3, -0.25) is 4.68 Å².